The third-order valence-electron chi connectivity index (χ3n) is 6.01. The summed E-state index contributed by atoms with van der Waals surface area (Å²) in [5.41, 5.74) is 0. The number of likely N-dealkylation sites (N-methyl/N-ethyl adjacent to an activating group) is 1. The molecule has 0 saturated heterocycles. The van der Waals surface area contributed by atoms with Crippen LogP contribution in [0.25, 0.3) is 0 Å². The van der Waals surface area contributed by atoms with Crippen LogP contribution in [0, 0.1) is 0 Å². The summed E-state index contributed by atoms with van der Waals surface area (Å²) < 4.78 is 23.1. The van der Waals surface area contributed by atoms with Crippen LogP contribution in [0.2, 0.25) is 0 Å². The van der Waals surface area contributed by atoms with Crippen molar-refractivity contribution in [3.63, 3.8) is 0 Å². The molecule has 0 aliphatic carbocycles. The number of hydrogen-bond acceptors (Lipinski definition) is 5. The minimum absolute atomic E-state index is 0.0625. The standard InChI is InChI=1S/C27H55N2O6P/c1-6-8-10-12-14-15-16-18-20-26(30)25(28-27(31)21-19-17-13-11-9-7-2)24-35-36(32,33)34-23-22-29(3,4)5/h18,20,25-26,30H,6-17,19,21-24H2,1-5H3,(H-,28,31,32,33)/p+1/b20-18+. The van der Waals surface area contributed by atoms with Crippen molar-refractivity contribution in [1.29, 1.82) is 0 Å². The Balaban J connectivity index is 4.75. The van der Waals surface area contributed by atoms with Gasteiger partial charge >= 0.3 is 7.82 Å². The van der Waals surface area contributed by atoms with Gasteiger partial charge in [-0.1, -0.05) is 90.2 Å². The lowest BCUT2D eigenvalue weighted by atomic mass is 10.1. The topological polar surface area (TPSA) is 105 Å². The molecule has 0 bridgehead atoms. The number of carbonyl (C=O) groups is 1. The number of aliphatic hydroxyl groups excluding tert-OH is 1. The van der Waals surface area contributed by atoms with Gasteiger partial charge in [0.25, 0.3) is 0 Å². The van der Waals surface area contributed by atoms with E-state index >= 15 is 0 Å². The normalized spacial score (nSPS) is 15.6. The first kappa shape index (κ1) is 35.2. The van der Waals surface area contributed by atoms with Crippen molar-refractivity contribution in [2.75, 3.05) is 40.9 Å². The van der Waals surface area contributed by atoms with Crippen molar-refractivity contribution in [2.24, 2.45) is 0 Å². The van der Waals surface area contributed by atoms with Gasteiger partial charge in [-0.15, -0.1) is 0 Å². The van der Waals surface area contributed by atoms with E-state index in [1.807, 2.05) is 27.2 Å². The highest BCUT2D eigenvalue weighted by Crippen LogP contribution is 2.43. The summed E-state index contributed by atoms with van der Waals surface area (Å²) in [4.78, 5) is 22.5. The maximum atomic E-state index is 12.5. The Labute approximate surface area is 221 Å². The minimum atomic E-state index is -4.30. The fourth-order valence-corrected chi connectivity index (χ4v) is 4.36. The van der Waals surface area contributed by atoms with Gasteiger partial charge in [0.2, 0.25) is 5.91 Å². The summed E-state index contributed by atoms with van der Waals surface area (Å²) in [6.45, 7) is 4.65. The highest BCUT2D eigenvalue weighted by atomic mass is 31.2. The predicted molar refractivity (Wildman–Crippen MR) is 148 cm³/mol. The third-order valence-corrected chi connectivity index (χ3v) is 6.99. The number of nitrogens with zero attached hydrogens (tertiary/aromatic N) is 1. The number of quaternary nitrogens is 1. The van der Waals surface area contributed by atoms with Gasteiger partial charge < -0.3 is 19.8 Å². The number of phosphoric acid groups is 1. The average Bonchev–Trinajstić information content (AvgIpc) is 2.79. The van der Waals surface area contributed by atoms with E-state index in [4.69, 9.17) is 9.05 Å². The van der Waals surface area contributed by atoms with Gasteiger partial charge in [0.15, 0.2) is 0 Å². The van der Waals surface area contributed by atoms with Crippen molar-refractivity contribution < 1.29 is 32.9 Å². The summed E-state index contributed by atoms with van der Waals surface area (Å²) in [5.74, 6) is -0.193. The van der Waals surface area contributed by atoms with Crippen LogP contribution in [0.3, 0.4) is 0 Å². The summed E-state index contributed by atoms with van der Waals surface area (Å²) in [6, 6.07) is -0.833. The number of amides is 1. The Hall–Kier alpha value is -0.760. The molecule has 0 aromatic heterocycles. The Kier molecular flexibility index (Phi) is 20.8. The lowest BCUT2D eigenvalue weighted by Gasteiger charge is -2.25. The molecule has 0 heterocycles. The van der Waals surface area contributed by atoms with Gasteiger partial charge in [0.1, 0.15) is 13.2 Å². The minimum Gasteiger partial charge on any atom is -0.387 e. The molecule has 0 radical (unpaired) electrons. The van der Waals surface area contributed by atoms with Gasteiger partial charge in [-0.3, -0.25) is 13.8 Å². The largest absolute Gasteiger partial charge is 0.472 e. The zero-order valence-corrected chi connectivity index (χ0v) is 24.6. The first-order valence-corrected chi connectivity index (χ1v) is 15.6. The molecule has 0 rings (SSSR count). The molecule has 36 heavy (non-hydrogen) atoms. The number of phosphoric ester groups is 1. The van der Waals surface area contributed by atoms with Crippen LogP contribution in [-0.4, -0.2) is 73.4 Å². The van der Waals surface area contributed by atoms with Gasteiger partial charge in [0, 0.05) is 6.42 Å². The van der Waals surface area contributed by atoms with Crippen molar-refractivity contribution in [1.82, 2.24) is 5.32 Å². The summed E-state index contributed by atoms with van der Waals surface area (Å²) in [6.07, 6.45) is 17.3. The van der Waals surface area contributed by atoms with Crippen molar-refractivity contribution >= 4 is 13.7 Å². The molecule has 0 saturated carbocycles. The van der Waals surface area contributed by atoms with E-state index in [0.717, 1.165) is 38.5 Å². The Morgan fingerprint density at radius 2 is 1.47 bits per heavy atom. The maximum Gasteiger partial charge on any atom is 0.472 e. The molecule has 3 atom stereocenters. The molecule has 0 fully saturated rings. The molecule has 1 amide bonds. The van der Waals surface area contributed by atoms with Gasteiger partial charge in [0.05, 0.1) is 39.9 Å². The van der Waals surface area contributed by atoms with E-state index in [0.29, 0.717) is 17.4 Å². The summed E-state index contributed by atoms with van der Waals surface area (Å²) in [5, 5.41) is 13.5. The molecule has 0 aromatic carbocycles. The number of allylic oxidation sites excluding steroid dienone is 1. The summed E-state index contributed by atoms with van der Waals surface area (Å²) >= 11 is 0. The maximum absolute atomic E-state index is 12.5. The first-order chi connectivity index (χ1) is 17.0. The number of aliphatic hydroxyl groups is 1. The Morgan fingerprint density at radius 1 is 0.917 bits per heavy atom. The van der Waals surface area contributed by atoms with Crippen LogP contribution in [-0.2, 0) is 18.4 Å². The zero-order valence-electron chi connectivity index (χ0n) is 23.8. The van der Waals surface area contributed by atoms with Crippen LogP contribution in [0.15, 0.2) is 12.2 Å². The molecular weight excluding hydrogens is 479 g/mol. The van der Waals surface area contributed by atoms with E-state index in [-0.39, 0.29) is 19.1 Å². The quantitative estimate of drug-likeness (QED) is 0.0631. The molecule has 0 aromatic rings. The average molecular weight is 536 g/mol. The number of nitrogens with one attached hydrogen (secondary N) is 1. The van der Waals surface area contributed by atoms with E-state index in [9.17, 15) is 19.4 Å². The Morgan fingerprint density at radius 3 is 2.06 bits per heavy atom. The predicted octanol–water partition coefficient (Wildman–Crippen LogP) is 5.73. The molecule has 214 valence electrons. The van der Waals surface area contributed by atoms with Crippen molar-refractivity contribution in [3.8, 4) is 0 Å². The first-order valence-electron chi connectivity index (χ1n) is 14.1. The number of rotatable bonds is 24. The number of carbonyl (C=O) groups excluding carboxylic acids is 1. The van der Waals surface area contributed by atoms with E-state index in [1.165, 1.54) is 44.9 Å². The van der Waals surface area contributed by atoms with Crippen molar-refractivity contribution in [3.05, 3.63) is 12.2 Å². The third kappa shape index (κ3) is 22.4. The van der Waals surface area contributed by atoms with E-state index in [1.54, 1.807) is 6.08 Å². The SMILES string of the molecule is CCCCCCCC/C=C/C(O)C(COP(=O)(O)OCC[N+](C)(C)C)NC(=O)CCCCCCCC. The lowest BCUT2D eigenvalue weighted by Crippen LogP contribution is -2.45. The van der Waals surface area contributed by atoms with E-state index < -0.39 is 20.0 Å². The molecule has 3 unspecified atom stereocenters. The van der Waals surface area contributed by atoms with Crippen LogP contribution in [0.4, 0.5) is 0 Å². The second-order valence-corrected chi connectivity index (χ2v) is 12.2. The molecule has 3 N–H and O–H groups in total. The van der Waals surface area contributed by atoms with Crippen LogP contribution < -0.4 is 5.32 Å². The van der Waals surface area contributed by atoms with Crippen LogP contribution in [0.1, 0.15) is 104 Å². The molecule has 0 aliphatic rings. The monoisotopic (exact) mass is 535 g/mol. The molecule has 9 heteroatoms. The summed E-state index contributed by atoms with van der Waals surface area (Å²) in [7, 11) is 1.56. The van der Waals surface area contributed by atoms with Crippen molar-refractivity contribution in [2.45, 2.75) is 116 Å². The van der Waals surface area contributed by atoms with Gasteiger partial charge in [-0.25, -0.2) is 4.57 Å². The zero-order chi connectivity index (χ0) is 27.3. The second-order valence-electron chi connectivity index (χ2n) is 10.8. The number of hydrogen-bond donors (Lipinski definition) is 3. The fourth-order valence-electron chi connectivity index (χ4n) is 3.62. The van der Waals surface area contributed by atoms with Crippen LogP contribution >= 0.6 is 7.82 Å². The van der Waals surface area contributed by atoms with Crippen LogP contribution in [0.5, 0.6) is 0 Å². The molecule has 8 nitrogen and oxygen atoms in total. The van der Waals surface area contributed by atoms with E-state index in [2.05, 4.69) is 19.2 Å². The van der Waals surface area contributed by atoms with Gasteiger partial charge in [-0.2, -0.15) is 0 Å². The second kappa shape index (κ2) is 21.2. The number of unbranched alkanes of at least 4 members (excludes halogenated alkanes) is 11. The Bertz CT molecular complexity index is 624. The highest BCUT2D eigenvalue weighted by Gasteiger charge is 2.27. The fraction of sp³-hybridized carbons (Fsp3) is 0.889. The molecule has 0 spiro atoms. The van der Waals surface area contributed by atoms with Gasteiger partial charge in [-0.05, 0) is 19.3 Å². The smallest absolute Gasteiger partial charge is 0.387 e. The molecule has 0 aliphatic heterocycles. The molecular formula is C27H56N2O6P+. The lowest BCUT2D eigenvalue weighted by molar-refractivity contribution is -0.870. The highest BCUT2D eigenvalue weighted by molar-refractivity contribution is 7.47.